The van der Waals surface area contributed by atoms with E-state index in [0.717, 1.165) is 23.8 Å². The number of benzene rings is 1. The fraction of sp³-hybridized carbons (Fsp3) is 0.600. The van der Waals surface area contributed by atoms with Crippen molar-refractivity contribution in [3.8, 4) is 0 Å². The fourth-order valence-corrected chi connectivity index (χ4v) is 4.56. The first-order chi connectivity index (χ1) is 8.38. The summed E-state index contributed by atoms with van der Waals surface area (Å²) in [6, 6.07) is 9.65. The van der Waals surface area contributed by atoms with Gasteiger partial charge in [-0.2, -0.15) is 0 Å². The predicted octanol–water partition coefficient (Wildman–Crippen LogP) is 3.48. The third-order valence-corrected chi connectivity index (χ3v) is 5.58. The second kappa shape index (κ2) is 5.03. The smallest absolute Gasteiger partial charge is 0.0291 e. The van der Waals surface area contributed by atoms with E-state index >= 15 is 0 Å². The van der Waals surface area contributed by atoms with Gasteiger partial charge in [0.15, 0.2) is 0 Å². The molecule has 1 aromatic carbocycles. The van der Waals surface area contributed by atoms with Crippen molar-refractivity contribution in [3.05, 3.63) is 29.8 Å². The lowest BCUT2D eigenvalue weighted by Gasteiger charge is -2.37. The highest BCUT2D eigenvalue weighted by atomic mass is 32.2. The Bertz CT molecular complexity index is 361. The van der Waals surface area contributed by atoms with Crippen LogP contribution in [0.5, 0.6) is 0 Å². The molecular weight excluding hydrogens is 226 g/mol. The van der Waals surface area contributed by atoms with Crippen LogP contribution in [0.3, 0.4) is 0 Å². The van der Waals surface area contributed by atoms with Crippen molar-refractivity contribution in [1.82, 2.24) is 5.32 Å². The van der Waals surface area contributed by atoms with Gasteiger partial charge in [-0.15, -0.1) is 11.8 Å². The van der Waals surface area contributed by atoms with Gasteiger partial charge in [0, 0.05) is 16.2 Å². The molecule has 1 aromatic rings. The van der Waals surface area contributed by atoms with E-state index in [2.05, 4.69) is 48.3 Å². The van der Waals surface area contributed by atoms with E-state index in [9.17, 15) is 0 Å². The average Bonchev–Trinajstić information content (AvgIpc) is 2.69. The van der Waals surface area contributed by atoms with Crippen LogP contribution in [0, 0.1) is 5.92 Å². The highest BCUT2D eigenvalue weighted by Gasteiger charge is 2.36. The molecule has 1 N–H and O–H groups in total. The summed E-state index contributed by atoms with van der Waals surface area (Å²) in [6.45, 7) is 3.34. The normalized spacial score (nSPS) is 25.4. The summed E-state index contributed by atoms with van der Waals surface area (Å²) in [5, 5.41) is 4.50. The first kappa shape index (κ1) is 11.6. The predicted molar refractivity (Wildman–Crippen MR) is 74.6 cm³/mol. The standard InChI is InChI=1S/C15H21NS/c1-2-16-15(11-7-5-8-11)14-10-12-6-3-4-9-13(12)17-14/h3-4,6,9,11,14-16H,2,5,7-8,10H2,1H3. The SMILES string of the molecule is CCNC(C1CCC1)C1Cc2ccccc2S1. The van der Waals surface area contributed by atoms with Gasteiger partial charge in [-0.25, -0.2) is 0 Å². The van der Waals surface area contributed by atoms with E-state index in [-0.39, 0.29) is 0 Å². The molecule has 1 fully saturated rings. The van der Waals surface area contributed by atoms with Gasteiger partial charge in [0.1, 0.15) is 0 Å². The Morgan fingerprint density at radius 1 is 1.35 bits per heavy atom. The summed E-state index contributed by atoms with van der Waals surface area (Å²) < 4.78 is 0. The van der Waals surface area contributed by atoms with Gasteiger partial charge in [-0.3, -0.25) is 0 Å². The molecule has 2 heteroatoms. The maximum atomic E-state index is 3.74. The van der Waals surface area contributed by atoms with E-state index < -0.39 is 0 Å². The van der Waals surface area contributed by atoms with Crippen LogP contribution >= 0.6 is 11.8 Å². The minimum absolute atomic E-state index is 0.728. The van der Waals surface area contributed by atoms with Crippen LogP contribution in [0.25, 0.3) is 0 Å². The van der Waals surface area contributed by atoms with E-state index in [1.807, 2.05) is 0 Å². The van der Waals surface area contributed by atoms with Crippen LogP contribution in [-0.4, -0.2) is 17.8 Å². The lowest BCUT2D eigenvalue weighted by molar-refractivity contribution is 0.227. The quantitative estimate of drug-likeness (QED) is 0.874. The molecule has 0 bridgehead atoms. The summed E-state index contributed by atoms with van der Waals surface area (Å²) in [4.78, 5) is 1.51. The van der Waals surface area contributed by atoms with Gasteiger partial charge in [-0.1, -0.05) is 31.5 Å². The fourth-order valence-electron chi connectivity index (χ4n) is 3.05. The lowest BCUT2D eigenvalue weighted by Crippen LogP contribution is -2.46. The monoisotopic (exact) mass is 247 g/mol. The van der Waals surface area contributed by atoms with Gasteiger partial charge in [0.25, 0.3) is 0 Å². The first-order valence-electron chi connectivity index (χ1n) is 6.86. The summed E-state index contributed by atoms with van der Waals surface area (Å²) in [5.74, 6) is 0.932. The molecule has 1 aliphatic carbocycles. The van der Waals surface area contributed by atoms with E-state index in [1.165, 1.54) is 30.6 Å². The van der Waals surface area contributed by atoms with Gasteiger partial charge >= 0.3 is 0 Å². The van der Waals surface area contributed by atoms with Gasteiger partial charge < -0.3 is 5.32 Å². The highest BCUT2D eigenvalue weighted by molar-refractivity contribution is 8.00. The minimum Gasteiger partial charge on any atom is -0.313 e. The number of hydrogen-bond donors (Lipinski definition) is 1. The summed E-state index contributed by atoms with van der Waals surface area (Å²) in [6.07, 6.45) is 5.57. The molecule has 0 amide bonds. The second-order valence-electron chi connectivity index (χ2n) is 5.24. The van der Waals surface area contributed by atoms with Crippen LogP contribution in [0.2, 0.25) is 0 Å². The molecule has 17 heavy (non-hydrogen) atoms. The summed E-state index contributed by atoms with van der Waals surface area (Å²) >= 11 is 2.10. The number of fused-ring (bicyclic) bond motifs is 1. The molecule has 2 aliphatic rings. The zero-order chi connectivity index (χ0) is 11.7. The summed E-state index contributed by atoms with van der Waals surface area (Å²) in [7, 11) is 0. The van der Waals surface area contributed by atoms with Gasteiger partial charge in [-0.05, 0) is 43.4 Å². The molecule has 3 rings (SSSR count). The Labute approximate surface area is 108 Å². The maximum absolute atomic E-state index is 3.74. The topological polar surface area (TPSA) is 12.0 Å². The van der Waals surface area contributed by atoms with Crippen molar-refractivity contribution in [2.45, 2.75) is 48.8 Å². The lowest BCUT2D eigenvalue weighted by atomic mass is 9.77. The Morgan fingerprint density at radius 2 is 2.18 bits per heavy atom. The molecule has 1 saturated carbocycles. The Hall–Kier alpha value is -0.470. The van der Waals surface area contributed by atoms with E-state index in [1.54, 1.807) is 5.56 Å². The van der Waals surface area contributed by atoms with Crippen molar-refractivity contribution in [2.24, 2.45) is 5.92 Å². The average molecular weight is 247 g/mol. The van der Waals surface area contributed by atoms with Crippen molar-refractivity contribution in [2.75, 3.05) is 6.54 Å². The van der Waals surface area contributed by atoms with Crippen LogP contribution in [0.15, 0.2) is 29.2 Å². The zero-order valence-corrected chi connectivity index (χ0v) is 11.3. The van der Waals surface area contributed by atoms with Crippen LogP contribution in [0.4, 0.5) is 0 Å². The number of hydrogen-bond acceptors (Lipinski definition) is 2. The number of thioether (sulfide) groups is 1. The molecule has 92 valence electrons. The van der Waals surface area contributed by atoms with Crippen molar-refractivity contribution < 1.29 is 0 Å². The molecule has 0 aromatic heterocycles. The Balaban J connectivity index is 1.72. The van der Waals surface area contributed by atoms with Crippen LogP contribution < -0.4 is 5.32 Å². The third-order valence-electron chi connectivity index (χ3n) is 4.17. The molecule has 0 radical (unpaired) electrons. The third kappa shape index (κ3) is 2.25. The minimum atomic E-state index is 0.728. The van der Waals surface area contributed by atoms with Crippen molar-refractivity contribution >= 4 is 11.8 Å². The van der Waals surface area contributed by atoms with Crippen LogP contribution in [-0.2, 0) is 6.42 Å². The molecule has 0 saturated heterocycles. The van der Waals surface area contributed by atoms with Crippen LogP contribution in [0.1, 0.15) is 31.7 Å². The molecule has 1 aliphatic heterocycles. The largest absolute Gasteiger partial charge is 0.313 e. The van der Waals surface area contributed by atoms with E-state index in [0.29, 0.717) is 0 Å². The van der Waals surface area contributed by atoms with E-state index in [4.69, 9.17) is 0 Å². The second-order valence-corrected chi connectivity index (χ2v) is 6.52. The highest BCUT2D eigenvalue weighted by Crippen LogP contribution is 2.43. The van der Waals surface area contributed by atoms with Gasteiger partial charge in [0.2, 0.25) is 0 Å². The molecular formula is C15H21NS. The molecule has 1 nitrogen and oxygen atoms in total. The Morgan fingerprint density at radius 3 is 2.82 bits per heavy atom. The molecule has 2 atom stereocenters. The number of nitrogens with one attached hydrogen (secondary N) is 1. The first-order valence-corrected chi connectivity index (χ1v) is 7.74. The Kier molecular flexibility index (Phi) is 3.44. The maximum Gasteiger partial charge on any atom is 0.0291 e. The zero-order valence-electron chi connectivity index (χ0n) is 10.5. The summed E-state index contributed by atoms with van der Waals surface area (Å²) in [5.41, 5.74) is 1.56. The molecule has 2 unspecified atom stereocenters. The van der Waals surface area contributed by atoms with Gasteiger partial charge in [0.05, 0.1) is 0 Å². The number of rotatable bonds is 4. The molecule has 0 spiro atoms. The molecule has 1 heterocycles. The van der Waals surface area contributed by atoms with Crippen molar-refractivity contribution in [3.63, 3.8) is 0 Å². The van der Waals surface area contributed by atoms with Crippen molar-refractivity contribution in [1.29, 1.82) is 0 Å².